The van der Waals surface area contributed by atoms with Crippen molar-refractivity contribution in [2.45, 2.75) is 40.2 Å². The van der Waals surface area contributed by atoms with Gasteiger partial charge in [0, 0.05) is 23.4 Å². The molecule has 0 atom stereocenters. The van der Waals surface area contributed by atoms with Gasteiger partial charge in [0.2, 0.25) is 5.91 Å². The highest BCUT2D eigenvalue weighted by atomic mass is 16.6. The van der Waals surface area contributed by atoms with Crippen molar-refractivity contribution < 1.29 is 14.3 Å². The normalized spacial score (nSPS) is 11.9. The smallest absolute Gasteiger partial charge is 0.339 e. The van der Waals surface area contributed by atoms with Crippen LogP contribution < -0.4 is 0 Å². The molecule has 0 aliphatic carbocycles. The molecule has 2 aromatic heterocycles. The SMILES string of the molecule is CC(=O)n1c2ccccc2c2c(C(=O)OC(C)(C)C)cc(C)nc21. The maximum absolute atomic E-state index is 12.7. The minimum absolute atomic E-state index is 0.144. The number of carbonyl (C=O) groups excluding carboxylic acids is 2. The van der Waals surface area contributed by atoms with Crippen LogP contribution in [0, 0.1) is 6.92 Å². The van der Waals surface area contributed by atoms with Crippen LogP contribution in [0.4, 0.5) is 0 Å². The first kappa shape index (κ1) is 16.2. The average molecular weight is 324 g/mol. The molecular formula is C19H20N2O3. The zero-order chi connectivity index (χ0) is 17.6. The molecule has 24 heavy (non-hydrogen) atoms. The van der Waals surface area contributed by atoms with Crippen molar-refractivity contribution in [3.63, 3.8) is 0 Å². The summed E-state index contributed by atoms with van der Waals surface area (Å²) in [5.74, 6) is -0.557. The van der Waals surface area contributed by atoms with E-state index in [1.54, 1.807) is 17.6 Å². The first-order chi connectivity index (χ1) is 11.2. The molecule has 3 rings (SSSR count). The summed E-state index contributed by atoms with van der Waals surface area (Å²) < 4.78 is 7.09. The Morgan fingerprint density at radius 1 is 1.17 bits per heavy atom. The van der Waals surface area contributed by atoms with Crippen LogP contribution >= 0.6 is 0 Å². The topological polar surface area (TPSA) is 61.2 Å². The van der Waals surface area contributed by atoms with Crippen molar-refractivity contribution in [2.75, 3.05) is 0 Å². The van der Waals surface area contributed by atoms with E-state index in [0.29, 0.717) is 22.3 Å². The lowest BCUT2D eigenvalue weighted by Crippen LogP contribution is -2.24. The fraction of sp³-hybridized carbons (Fsp3) is 0.316. The summed E-state index contributed by atoms with van der Waals surface area (Å²) in [5, 5.41) is 1.47. The van der Waals surface area contributed by atoms with Gasteiger partial charge >= 0.3 is 5.97 Å². The van der Waals surface area contributed by atoms with Crippen molar-refractivity contribution >= 4 is 33.8 Å². The number of esters is 1. The van der Waals surface area contributed by atoms with Crippen LogP contribution in [0.1, 0.15) is 48.5 Å². The molecule has 0 radical (unpaired) electrons. The third-order valence-corrected chi connectivity index (χ3v) is 3.69. The maximum Gasteiger partial charge on any atom is 0.339 e. The largest absolute Gasteiger partial charge is 0.456 e. The van der Waals surface area contributed by atoms with Gasteiger partial charge in [-0.15, -0.1) is 0 Å². The third-order valence-electron chi connectivity index (χ3n) is 3.69. The van der Waals surface area contributed by atoms with Gasteiger partial charge in [-0.1, -0.05) is 18.2 Å². The molecule has 5 heteroatoms. The molecule has 0 spiro atoms. The minimum atomic E-state index is -0.598. The van der Waals surface area contributed by atoms with Gasteiger partial charge in [-0.2, -0.15) is 0 Å². The van der Waals surface area contributed by atoms with Gasteiger partial charge < -0.3 is 4.74 Å². The molecule has 0 amide bonds. The van der Waals surface area contributed by atoms with E-state index in [2.05, 4.69) is 4.98 Å². The van der Waals surface area contributed by atoms with E-state index in [1.165, 1.54) is 6.92 Å². The summed E-state index contributed by atoms with van der Waals surface area (Å²) in [4.78, 5) is 29.4. The lowest BCUT2D eigenvalue weighted by molar-refractivity contribution is 0.00715. The third kappa shape index (κ3) is 2.66. The van der Waals surface area contributed by atoms with E-state index in [9.17, 15) is 9.59 Å². The number of hydrogen-bond acceptors (Lipinski definition) is 4. The van der Waals surface area contributed by atoms with Gasteiger partial charge in [0.1, 0.15) is 11.2 Å². The molecule has 0 saturated heterocycles. The van der Waals surface area contributed by atoms with Crippen LogP contribution in [0.2, 0.25) is 0 Å². The Morgan fingerprint density at radius 2 is 1.83 bits per heavy atom. The number of ether oxygens (including phenoxy) is 1. The summed E-state index contributed by atoms with van der Waals surface area (Å²) in [5.41, 5.74) is 1.73. The average Bonchev–Trinajstić information content (AvgIpc) is 2.78. The Hall–Kier alpha value is -2.69. The molecule has 5 nitrogen and oxygen atoms in total. The van der Waals surface area contributed by atoms with Crippen LogP contribution in [0.25, 0.3) is 21.9 Å². The van der Waals surface area contributed by atoms with Crippen molar-refractivity contribution in [1.29, 1.82) is 0 Å². The molecule has 1 aromatic carbocycles. The molecule has 0 bridgehead atoms. The van der Waals surface area contributed by atoms with E-state index < -0.39 is 11.6 Å². The molecule has 0 fully saturated rings. The van der Waals surface area contributed by atoms with Crippen molar-refractivity contribution in [1.82, 2.24) is 9.55 Å². The van der Waals surface area contributed by atoms with Gasteiger partial charge in [-0.05, 0) is 39.8 Å². The van der Waals surface area contributed by atoms with Gasteiger partial charge in [0.15, 0.2) is 0 Å². The monoisotopic (exact) mass is 324 g/mol. The van der Waals surface area contributed by atoms with Crippen LogP contribution in [0.15, 0.2) is 30.3 Å². The summed E-state index contributed by atoms with van der Waals surface area (Å²) in [6.45, 7) is 8.78. The lowest BCUT2D eigenvalue weighted by Gasteiger charge is -2.20. The quantitative estimate of drug-likeness (QED) is 0.632. The zero-order valence-electron chi connectivity index (χ0n) is 14.5. The molecule has 0 N–H and O–H groups in total. The first-order valence-corrected chi connectivity index (χ1v) is 7.84. The zero-order valence-corrected chi connectivity index (χ0v) is 14.5. The fourth-order valence-electron chi connectivity index (χ4n) is 2.89. The van der Waals surface area contributed by atoms with Gasteiger partial charge in [0.05, 0.1) is 11.1 Å². The number of para-hydroxylation sites is 1. The Kier molecular flexibility index (Phi) is 3.67. The fourth-order valence-corrected chi connectivity index (χ4v) is 2.89. The number of hydrogen-bond donors (Lipinski definition) is 0. The van der Waals surface area contributed by atoms with Crippen LogP contribution in [0.5, 0.6) is 0 Å². The molecule has 0 aliphatic rings. The van der Waals surface area contributed by atoms with Crippen molar-refractivity contribution in [2.24, 2.45) is 0 Å². The highest BCUT2D eigenvalue weighted by molar-refractivity contribution is 6.18. The number of aromatic nitrogens is 2. The number of carbonyl (C=O) groups is 2. The summed E-state index contributed by atoms with van der Waals surface area (Å²) in [7, 11) is 0. The van der Waals surface area contributed by atoms with Crippen molar-refractivity contribution in [3.05, 3.63) is 41.6 Å². The molecule has 3 aromatic rings. The maximum atomic E-state index is 12.7. The van der Waals surface area contributed by atoms with E-state index in [-0.39, 0.29) is 5.91 Å². The Bertz CT molecular complexity index is 978. The predicted octanol–water partition coefficient (Wildman–Crippen LogP) is 4.11. The molecule has 124 valence electrons. The Balaban J connectivity index is 2.41. The lowest BCUT2D eigenvalue weighted by atomic mass is 10.1. The van der Waals surface area contributed by atoms with Crippen LogP contribution in [-0.4, -0.2) is 27.0 Å². The second-order valence-electron chi connectivity index (χ2n) is 6.88. The van der Waals surface area contributed by atoms with Gasteiger partial charge in [-0.3, -0.25) is 9.36 Å². The highest BCUT2D eigenvalue weighted by Crippen LogP contribution is 2.32. The molecule has 2 heterocycles. The van der Waals surface area contributed by atoms with E-state index >= 15 is 0 Å². The number of pyridine rings is 1. The van der Waals surface area contributed by atoms with Gasteiger partial charge in [-0.25, -0.2) is 9.78 Å². The van der Waals surface area contributed by atoms with E-state index in [1.807, 2.05) is 45.0 Å². The molecule has 0 saturated carbocycles. The number of rotatable bonds is 1. The van der Waals surface area contributed by atoms with Crippen LogP contribution in [-0.2, 0) is 4.74 Å². The van der Waals surface area contributed by atoms with E-state index in [4.69, 9.17) is 4.74 Å². The second kappa shape index (κ2) is 5.44. The minimum Gasteiger partial charge on any atom is -0.456 e. The molecule has 0 unspecified atom stereocenters. The Morgan fingerprint density at radius 3 is 2.46 bits per heavy atom. The van der Waals surface area contributed by atoms with Crippen molar-refractivity contribution in [3.8, 4) is 0 Å². The number of nitrogens with zero attached hydrogens (tertiary/aromatic N) is 2. The summed E-state index contributed by atoms with van der Waals surface area (Å²) in [6.07, 6.45) is 0. The second-order valence-corrected chi connectivity index (χ2v) is 6.88. The number of benzene rings is 1. The van der Waals surface area contributed by atoms with Crippen LogP contribution in [0.3, 0.4) is 0 Å². The summed E-state index contributed by atoms with van der Waals surface area (Å²) in [6, 6.07) is 9.20. The first-order valence-electron chi connectivity index (χ1n) is 7.84. The highest BCUT2D eigenvalue weighted by Gasteiger charge is 2.24. The summed E-state index contributed by atoms with van der Waals surface area (Å²) >= 11 is 0. The Labute approximate surface area is 140 Å². The molecular weight excluding hydrogens is 304 g/mol. The molecule has 0 aliphatic heterocycles. The van der Waals surface area contributed by atoms with E-state index in [0.717, 1.165) is 10.9 Å². The number of aryl methyl sites for hydroxylation is 1. The predicted molar refractivity (Wildman–Crippen MR) is 93.4 cm³/mol. The van der Waals surface area contributed by atoms with Gasteiger partial charge in [0.25, 0.3) is 0 Å². The number of fused-ring (bicyclic) bond motifs is 3. The standard InChI is InChI=1S/C19H20N2O3/c1-11-10-14(18(23)24-19(3,4)5)16-13-8-6-7-9-15(13)21(12(2)22)17(16)20-11/h6-10H,1-5H3.